The van der Waals surface area contributed by atoms with Crippen LogP contribution in [-0.2, 0) is 6.42 Å². The number of hydrogen-bond acceptors (Lipinski definition) is 1. The van der Waals surface area contributed by atoms with E-state index in [2.05, 4.69) is 5.32 Å². The van der Waals surface area contributed by atoms with Crippen LogP contribution in [0.15, 0.2) is 12.1 Å². The van der Waals surface area contributed by atoms with Crippen molar-refractivity contribution in [2.24, 2.45) is 0 Å². The Morgan fingerprint density at radius 2 is 2.08 bits per heavy atom. The van der Waals surface area contributed by atoms with Crippen molar-refractivity contribution in [2.45, 2.75) is 6.42 Å². The van der Waals surface area contributed by atoms with Gasteiger partial charge in [0.25, 0.3) is 0 Å². The van der Waals surface area contributed by atoms with Gasteiger partial charge in [0.2, 0.25) is 0 Å². The summed E-state index contributed by atoms with van der Waals surface area (Å²) in [7, 11) is 1.83. The van der Waals surface area contributed by atoms with Crippen LogP contribution >= 0.6 is 23.2 Å². The summed E-state index contributed by atoms with van der Waals surface area (Å²) in [6, 6.07) is 2.90. The van der Waals surface area contributed by atoms with Gasteiger partial charge in [-0.25, -0.2) is 4.39 Å². The number of nitrogens with one attached hydrogen (secondary N) is 1. The molecule has 1 N–H and O–H groups in total. The van der Waals surface area contributed by atoms with Crippen molar-refractivity contribution in [2.75, 3.05) is 13.6 Å². The van der Waals surface area contributed by atoms with Gasteiger partial charge in [0, 0.05) is 5.02 Å². The molecule has 0 radical (unpaired) electrons. The maximum Gasteiger partial charge on any atom is 0.143 e. The molecule has 72 valence electrons. The molecule has 1 aromatic carbocycles. The molecule has 0 heterocycles. The molecule has 0 saturated heterocycles. The molecule has 0 bridgehead atoms. The molecular formula is C9H10Cl2FN. The lowest BCUT2D eigenvalue weighted by Gasteiger charge is -2.05. The van der Waals surface area contributed by atoms with E-state index in [-0.39, 0.29) is 5.02 Å². The van der Waals surface area contributed by atoms with Crippen LogP contribution < -0.4 is 5.32 Å². The molecular weight excluding hydrogens is 212 g/mol. The lowest BCUT2D eigenvalue weighted by Crippen LogP contribution is -2.10. The Bertz CT molecular complexity index is 302. The van der Waals surface area contributed by atoms with Gasteiger partial charge in [-0.1, -0.05) is 23.2 Å². The van der Waals surface area contributed by atoms with Crippen molar-refractivity contribution < 1.29 is 4.39 Å². The average Bonchev–Trinajstić information content (AvgIpc) is 2.09. The van der Waals surface area contributed by atoms with E-state index in [9.17, 15) is 4.39 Å². The van der Waals surface area contributed by atoms with Gasteiger partial charge in [-0.15, -0.1) is 0 Å². The van der Waals surface area contributed by atoms with E-state index in [1.807, 2.05) is 7.05 Å². The van der Waals surface area contributed by atoms with Crippen molar-refractivity contribution in [3.8, 4) is 0 Å². The minimum Gasteiger partial charge on any atom is -0.319 e. The monoisotopic (exact) mass is 221 g/mol. The minimum absolute atomic E-state index is 0.166. The number of likely N-dealkylation sites (N-methyl/N-ethyl adjacent to an activating group) is 1. The first-order valence-electron chi connectivity index (χ1n) is 3.93. The van der Waals surface area contributed by atoms with Crippen LogP contribution in [0.4, 0.5) is 4.39 Å². The summed E-state index contributed by atoms with van der Waals surface area (Å²) >= 11 is 11.4. The van der Waals surface area contributed by atoms with Crippen LogP contribution in [0.3, 0.4) is 0 Å². The Hall–Kier alpha value is -0.310. The molecule has 0 aliphatic heterocycles. The van der Waals surface area contributed by atoms with Gasteiger partial charge in [-0.3, -0.25) is 0 Å². The van der Waals surface area contributed by atoms with Gasteiger partial charge >= 0.3 is 0 Å². The highest BCUT2D eigenvalue weighted by Crippen LogP contribution is 2.24. The lowest BCUT2D eigenvalue weighted by molar-refractivity contribution is 0.625. The van der Waals surface area contributed by atoms with E-state index in [4.69, 9.17) is 23.2 Å². The van der Waals surface area contributed by atoms with E-state index in [1.54, 1.807) is 6.07 Å². The van der Waals surface area contributed by atoms with Crippen LogP contribution in [0.2, 0.25) is 10.0 Å². The SMILES string of the molecule is CNCCc1cc(Cl)cc(F)c1Cl. The highest BCUT2D eigenvalue weighted by molar-refractivity contribution is 6.33. The lowest BCUT2D eigenvalue weighted by atomic mass is 10.1. The van der Waals surface area contributed by atoms with Gasteiger partial charge in [-0.2, -0.15) is 0 Å². The fourth-order valence-corrected chi connectivity index (χ4v) is 1.48. The molecule has 0 aliphatic carbocycles. The van der Waals surface area contributed by atoms with Gasteiger partial charge in [0.1, 0.15) is 5.82 Å². The average molecular weight is 222 g/mol. The molecule has 0 aliphatic rings. The molecule has 0 unspecified atom stereocenters. The van der Waals surface area contributed by atoms with Crippen molar-refractivity contribution in [1.29, 1.82) is 0 Å². The topological polar surface area (TPSA) is 12.0 Å². The molecule has 13 heavy (non-hydrogen) atoms. The summed E-state index contributed by atoms with van der Waals surface area (Å²) in [4.78, 5) is 0. The number of rotatable bonds is 3. The predicted octanol–water partition coefficient (Wildman–Crippen LogP) is 2.89. The van der Waals surface area contributed by atoms with E-state index < -0.39 is 5.82 Å². The van der Waals surface area contributed by atoms with Crippen LogP contribution in [0.5, 0.6) is 0 Å². The first-order valence-corrected chi connectivity index (χ1v) is 4.68. The normalized spacial score (nSPS) is 10.5. The Kier molecular flexibility index (Phi) is 3.97. The van der Waals surface area contributed by atoms with Crippen molar-refractivity contribution >= 4 is 23.2 Å². The molecule has 0 atom stereocenters. The van der Waals surface area contributed by atoms with Crippen LogP contribution in [-0.4, -0.2) is 13.6 Å². The van der Waals surface area contributed by atoms with Crippen molar-refractivity contribution in [1.82, 2.24) is 5.32 Å². The summed E-state index contributed by atoms with van der Waals surface area (Å²) in [6.45, 7) is 0.750. The highest BCUT2D eigenvalue weighted by atomic mass is 35.5. The molecule has 1 aromatic rings. The van der Waals surface area contributed by atoms with Crippen molar-refractivity contribution in [3.05, 3.63) is 33.6 Å². The maximum absolute atomic E-state index is 13.0. The summed E-state index contributed by atoms with van der Waals surface area (Å²) in [5.74, 6) is -0.458. The second kappa shape index (κ2) is 4.80. The van der Waals surface area contributed by atoms with Gasteiger partial charge in [0.05, 0.1) is 5.02 Å². The van der Waals surface area contributed by atoms with Crippen LogP contribution in [0, 0.1) is 5.82 Å². The first-order chi connectivity index (χ1) is 6.15. The first kappa shape index (κ1) is 10.8. The van der Waals surface area contributed by atoms with Gasteiger partial charge in [0.15, 0.2) is 0 Å². The second-order valence-electron chi connectivity index (χ2n) is 2.71. The Balaban J connectivity index is 2.92. The zero-order valence-corrected chi connectivity index (χ0v) is 8.71. The Morgan fingerprint density at radius 3 is 2.69 bits per heavy atom. The number of benzene rings is 1. The Morgan fingerprint density at radius 1 is 1.38 bits per heavy atom. The van der Waals surface area contributed by atoms with E-state index >= 15 is 0 Å². The van der Waals surface area contributed by atoms with Gasteiger partial charge < -0.3 is 5.32 Å². The summed E-state index contributed by atoms with van der Waals surface area (Å²) in [5, 5.41) is 3.51. The molecule has 0 fully saturated rings. The standard InChI is InChI=1S/C9H10Cl2FN/c1-13-3-2-6-4-7(10)5-8(12)9(6)11/h4-5,13H,2-3H2,1H3. The van der Waals surface area contributed by atoms with E-state index in [1.165, 1.54) is 6.07 Å². The molecule has 0 amide bonds. The van der Waals surface area contributed by atoms with Crippen molar-refractivity contribution in [3.63, 3.8) is 0 Å². The second-order valence-corrected chi connectivity index (χ2v) is 3.53. The number of hydrogen-bond donors (Lipinski definition) is 1. The summed E-state index contributed by atoms with van der Waals surface area (Å²) < 4.78 is 13.0. The minimum atomic E-state index is -0.458. The zero-order valence-electron chi connectivity index (χ0n) is 7.20. The zero-order chi connectivity index (χ0) is 9.84. The third-order valence-corrected chi connectivity index (χ3v) is 2.35. The third-order valence-electron chi connectivity index (χ3n) is 1.71. The fourth-order valence-electron chi connectivity index (χ4n) is 1.05. The quantitative estimate of drug-likeness (QED) is 0.775. The largest absolute Gasteiger partial charge is 0.319 e. The third kappa shape index (κ3) is 2.83. The van der Waals surface area contributed by atoms with Crippen LogP contribution in [0.25, 0.3) is 0 Å². The molecule has 1 rings (SSSR count). The molecule has 4 heteroatoms. The molecule has 0 saturated carbocycles. The molecule has 1 nitrogen and oxygen atoms in total. The summed E-state index contributed by atoms with van der Waals surface area (Å²) in [5.41, 5.74) is 0.737. The fraction of sp³-hybridized carbons (Fsp3) is 0.333. The van der Waals surface area contributed by atoms with E-state index in [0.717, 1.165) is 12.1 Å². The number of halogens is 3. The van der Waals surface area contributed by atoms with E-state index in [0.29, 0.717) is 11.4 Å². The van der Waals surface area contributed by atoms with Gasteiger partial charge in [-0.05, 0) is 37.7 Å². The highest BCUT2D eigenvalue weighted by Gasteiger charge is 2.07. The molecule has 0 aromatic heterocycles. The molecule has 0 spiro atoms. The summed E-state index contributed by atoms with van der Waals surface area (Å²) in [6.07, 6.45) is 0.673. The maximum atomic E-state index is 13.0. The van der Waals surface area contributed by atoms with Crippen LogP contribution in [0.1, 0.15) is 5.56 Å². The smallest absolute Gasteiger partial charge is 0.143 e. The predicted molar refractivity (Wildman–Crippen MR) is 54.1 cm³/mol. The Labute approximate surface area is 86.8 Å².